The van der Waals surface area contributed by atoms with Crippen molar-refractivity contribution in [2.45, 2.75) is 38.9 Å². The molecule has 3 aromatic heterocycles. The van der Waals surface area contributed by atoms with Crippen LogP contribution in [0.5, 0.6) is 5.75 Å². The first-order valence-electron chi connectivity index (χ1n) is 11.7. The smallest absolute Gasteiger partial charge is 0.269 e. The van der Waals surface area contributed by atoms with Gasteiger partial charge in [-0.2, -0.15) is 4.98 Å². The number of ether oxygens (including phenoxy) is 2. The van der Waals surface area contributed by atoms with E-state index in [-0.39, 0.29) is 35.4 Å². The summed E-state index contributed by atoms with van der Waals surface area (Å²) in [5.74, 6) is 0.939. The van der Waals surface area contributed by atoms with E-state index in [0.717, 1.165) is 31.5 Å². The Kier molecular flexibility index (Phi) is 6.27. The lowest BCUT2D eigenvalue weighted by molar-refractivity contribution is -0.129. The van der Waals surface area contributed by atoms with E-state index < -0.39 is 11.4 Å². The maximum absolute atomic E-state index is 14.4. The number of aromatic nitrogens is 4. The van der Waals surface area contributed by atoms with E-state index in [1.54, 1.807) is 32.2 Å². The molecule has 1 amide bonds. The number of rotatable bonds is 7. The Labute approximate surface area is 207 Å². The molecule has 1 atom stereocenters. The Morgan fingerprint density at radius 2 is 2.06 bits per heavy atom. The number of halogens is 1. The number of carbonyl (C=O) groups excluding carboxylic acids is 1. The summed E-state index contributed by atoms with van der Waals surface area (Å²) >= 11 is 0. The Bertz CT molecular complexity index is 1270. The minimum atomic E-state index is -1.00. The molecule has 1 saturated heterocycles. The van der Waals surface area contributed by atoms with Gasteiger partial charge in [-0.25, -0.2) is 19.3 Å². The highest BCUT2D eigenvalue weighted by Crippen LogP contribution is 2.33. The van der Waals surface area contributed by atoms with Crippen LogP contribution in [0.2, 0.25) is 0 Å². The third-order valence-corrected chi connectivity index (χ3v) is 5.87. The summed E-state index contributed by atoms with van der Waals surface area (Å²) in [6.07, 6.45) is 3.95. The predicted molar refractivity (Wildman–Crippen MR) is 133 cm³/mol. The van der Waals surface area contributed by atoms with Crippen LogP contribution in [0.4, 0.5) is 39.3 Å². The fourth-order valence-electron chi connectivity index (χ4n) is 3.99. The monoisotopic (exact) mass is 494 g/mol. The van der Waals surface area contributed by atoms with E-state index in [0.29, 0.717) is 18.0 Å². The topological polar surface area (TPSA) is 126 Å². The second kappa shape index (κ2) is 9.53. The van der Waals surface area contributed by atoms with Gasteiger partial charge in [-0.05, 0) is 51.5 Å². The van der Waals surface area contributed by atoms with Gasteiger partial charge in [0.25, 0.3) is 5.91 Å². The molecule has 36 heavy (non-hydrogen) atoms. The number of hydrogen-bond donors (Lipinski definition) is 3. The zero-order valence-corrected chi connectivity index (χ0v) is 20.2. The zero-order valence-electron chi connectivity index (χ0n) is 20.2. The van der Waals surface area contributed by atoms with Crippen LogP contribution in [-0.2, 0) is 9.53 Å². The molecule has 12 heteroatoms. The van der Waals surface area contributed by atoms with Gasteiger partial charge in [0.1, 0.15) is 11.6 Å². The van der Waals surface area contributed by atoms with Gasteiger partial charge >= 0.3 is 0 Å². The van der Waals surface area contributed by atoms with Crippen LogP contribution in [0, 0.1) is 5.82 Å². The summed E-state index contributed by atoms with van der Waals surface area (Å²) < 4.78 is 25.8. The van der Waals surface area contributed by atoms with E-state index in [1.165, 1.54) is 0 Å². The third-order valence-electron chi connectivity index (χ3n) is 5.87. The van der Waals surface area contributed by atoms with Crippen LogP contribution in [-0.4, -0.2) is 57.2 Å². The molecule has 0 bridgehead atoms. The molecule has 0 saturated carbocycles. The molecule has 188 valence electrons. The number of nitrogens with zero attached hydrogens (tertiary/aromatic N) is 5. The standard InChI is InChI=1S/C24H27FN8O3/c1-4-35-15-9-10-33(13-15)19-8-5-14(11-26-19)28-23-27-12-16(25)20(32-23)29-18-7-6-17-21(30-18)31-22(34)24(2,3)36-17/h5-8,11-12,15H,4,9-10,13H2,1-3H3,(H3,27,28,29,30,31,32,34)/t15-/m1/s1. The van der Waals surface area contributed by atoms with Gasteiger partial charge in [0.15, 0.2) is 28.8 Å². The SMILES string of the molecule is CCO[C@@H]1CCN(c2ccc(Nc3ncc(F)c(Nc4ccc5c(n4)NC(=O)C(C)(C)O5)n3)cn2)C1. The molecule has 0 radical (unpaired) electrons. The van der Waals surface area contributed by atoms with Crippen LogP contribution in [0.3, 0.4) is 0 Å². The summed E-state index contributed by atoms with van der Waals surface area (Å²) in [6.45, 7) is 7.73. The molecule has 2 aliphatic rings. The molecule has 0 aliphatic carbocycles. The van der Waals surface area contributed by atoms with E-state index in [9.17, 15) is 9.18 Å². The lowest BCUT2D eigenvalue weighted by atomic mass is 10.1. The summed E-state index contributed by atoms with van der Waals surface area (Å²) in [5.41, 5.74) is -0.345. The number of pyridine rings is 2. The number of nitrogens with one attached hydrogen (secondary N) is 3. The fraction of sp³-hybridized carbons (Fsp3) is 0.375. The maximum Gasteiger partial charge on any atom is 0.269 e. The summed E-state index contributed by atoms with van der Waals surface area (Å²) in [7, 11) is 0. The zero-order chi connectivity index (χ0) is 25.3. The first-order valence-corrected chi connectivity index (χ1v) is 11.7. The van der Waals surface area contributed by atoms with Crippen molar-refractivity contribution < 1.29 is 18.7 Å². The Morgan fingerprint density at radius 1 is 1.19 bits per heavy atom. The number of fused-ring (bicyclic) bond motifs is 1. The Balaban J connectivity index is 1.26. The third kappa shape index (κ3) is 4.98. The van der Waals surface area contributed by atoms with E-state index in [1.807, 2.05) is 19.1 Å². The van der Waals surface area contributed by atoms with Gasteiger partial charge in [-0.1, -0.05) is 0 Å². The fourth-order valence-corrected chi connectivity index (χ4v) is 3.99. The average molecular weight is 495 g/mol. The number of amides is 1. The van der Waals surface area contributed by atoms with E-state index in [4.69, 9.17) is 9.47 Å². The van der Waals surface area contributed by atoms with Crippen LogP contribution < -0.4 is 25.6 Å². The van der Waals surface area contributed by atoms with Gasteiger partial charge in [-0.15, -0.1) is 0 Å². The Morgan fingerprint density at radius 3 is 2.83 bits per heavy atom. The maximum atomic E-state index is 14.4. The van der Waals surface area contributed by atoms with Crippen molar-refractivity contribution >= 4 is 40.8 Å². The van der Waals surface area contributed by atoms with Crippen molar-refractivity contribution in [3.63, 3.8) is 0 Å². The largest absolute Gasteiger partial charge is 0.474 e. The van der Waals surface area contributed by atoms with Crippen molar-refractivity contribution in [2.24, 2.45) is 0 Å². The summed E-state index contributed by atoms with van der Waals surface area (Å²) in [5, 5.41) is 8.56. The number of anilines is 6. The molecule has 3 N–H and O–H groups in total. The van der Waals surface area contributed by atoms with Gasteiger partial charge in [0.2, 0.25) is 5.95 Å². The molecule has 3 aromatic rings. The molecular weight excluding hydrogens is 467 g/mol. The molecule has 0 aromatic carbocycles. The minimum absolute atomic E-state index is 0.0769. The molecule has 11 nitrogen and oxygen atoms in total. The van der Waals surface area contributed by atoms with Gasteiger partial charge in [0.05, 0.1) is 24.2 Å². The quantitative estimate of drug-likeness (QED) is 0.448. The number of hydrogen-bond acceptors (Lipinski definition) is 10. The van der Waals surface area contributed by atoms with E-state index in [2.05, 4.69) is 40.8 Å². The van der Waals surface area contributed by atoms with E-state index >= 15 is 0 Å². The molecule has 0 spiro atoms. The van der Waals surface area contributed by atoms with Crippen LogP contribution >= 0.6 is 0 Å². The van der Waals surface area contributed by atoms with Crippen molar-refractivity contribution in [3.8, 4) is 5.75 Å². The van der Waals surface area contributed by atoms with Crippen molar-refractivity contribution in [1.82, 2.24) is 19.9 Å². The van der Waals surface area contributed by atoms with Gasteiger partial charge in [-0.3, -0.25) is 4.79 Å². The number of carbonyl (C=O) groups is 1. The first kappa shape index (κ1) is 23.7. The molecule has 5 heterocycles. The van der Waals surface area contributed by atoms with Crippen LogP contribution in [0.1, 0.15) is 27.2 Å². The summed E-state index contributed by atoms with van der Waals surface area (Å²) in [6, 6.07) is 7.03. The van der Waals surface area contributed by atoms with Crippen LogP contribution in [0.25, 0.3) is 0 Å². The Hall–Kier alpha value is -4.06. The predicted octanol–water partition coefficient (Wildman–Crippen LogP) is 3.62. The minimum Gasteiger partial charge on any atom is -0.474 e. The first-order chi connectivity index (χ1) is 17.3. The molecule has 2 aliphatic heterocycles. The molecule has 0 unspecified atom stereocenters. The van der Waals surface area contributed by atoms with Gasteiger partial charge in [0, 0.05) is 19.7 Å². The molecular formula is C24H27FN8O3. The van der Waals surface area contributed by atoms with Crippen molar-refractivity contribution in [3.05, 3.63) is 42.5 Å². The highest BCUT2D eigenvalue weighted by molar-refractivity contribution is 5.99. The lowest BCUT2D eigenvalue weighted by Gasteiger charge is -2.30. The van der Waals surface area contributed by atoms with Gasteiger partial charge < -0.3 is 30.3 Å². The highest BCUT2D eigenvalue weighted by Gasteiger charge is 2.36. The normalized spacial score (nSPS) is 18.3. The van der Waals surface area contributed by atoms with Crippen LogP contribution in [0.15, 0.2) is 36.7 Å². The highest BCUT2D eigenvalue weighted by atomic mass is 19.1. The van der Waals surface area contributed by atoms with Crippen molar-refractivity contribution in [2.75, 3.05) is 40.5 Å². The summed E-state index contributed by atoms with van der Waals surface area (Å²) in [4.78, 5) is 31.4. The molecule has 1 fully saturated rings. The average Bonchev–Trinajstić information content (AvgIpc) is 3.31. The van der Waals surface area contributed by atoms with Crippen molar-refractivity contribution in [1.29, 1.82) is 0 Å². The lowest BCUT2D eigenvalue weighted by Crippen LogP contribution is -2.46. The second-order valence-electron chi connectivity index (χ2n) is 8.97. The second-order valence-corrected chi connectivity index (χ2v) is 8.97. The molecule has 5 rings (SSSR count).